The van der Waals surface area contributed by atoms with Crippen molar-refractivity contribution in [3.05, 3.63) is 0 Å². The van der Waals surface area contributed by atoms with Gasteiger partial charge < -0.3 is 0 Å². The minimum atomic E-state index is -0.168. The Hall–Kier alpha value is 0.507. The lowest BCUT2D eigenvalue weighted by atomic mass is 9.99. The molecule has 1 atom stereocenters. The fourth-order valence-electron chi connectivity index (χ4n) is 0.895. The maximum absolute atomic E-state index is 6.29. The fourth-order valence-corrected chi connectivity index (χ4v) is 3.49. The van der Waals surface area contributed by atoms with E-state index in [-0.39, 0.29) is 13.7 Å². The van der Waals surface area contributed by atoms with E-state index in [9.17, 15) is 0 Å². The van der Waals surface area contributed by atoms with E-state index in [1.54, 1.807) is 0 Å². The molecule has 1 radical (unpaired) electrons. The third-order valence-corrected chi connectivity index (χ3v) is 4.14. The van der Waals surface area contributed by atoms with Gasteiger partial charge in [-0.3, -0.25) is 0 Å². The average molecular weight is 178 g/mol. The summed E-state index contributed by atoms with van der Waals surface area (Å²) in [4.78, 5) is 0.0395. The second kappa shape index (κ2) is 3.77. The molecule has 1 unspecified atom stereocenters. The Morgan fingerprint density at radius 2 is 1.80 bits per heavy atom. The van der Waals surface area contributed by atoms with E-state index in [1.807, 2.05) is 0 Å². The maximum atomic E-state index is 6.29. The first-order chi connectivity index (χ1) is 4.36. The largest absolute Gasteiger partial charge is 0.120 e. The zero-order chi connectivity index (χ0) is 8.36. The molecule has 0 aliphatic carbocycles. The van der Waals surface area contributed by atoms with Crippen LogP contribution < -0.4 is 0 Å². The molecular formula is C8H18ClSi. The zero-order valence-corrected chi connectivity index (χ0v) is 9.42. The second-order valence-corrected chi connectivity index (χ2v) is 7.45. The van der Waals surface area contributed by atoms with Crippen LogP contribution in [0.3, 0.4) is 0 Å². The summed E-state index contributed by atoms with van der Waals surface area (Å²) in [7, 11) is -0.168. The second-order valence-electron chi connectivity index (χ2n) is 3.82. The first-order valence-electron chi connectivity index (χ1n) is 3.84. The van der Waals surface area contributed by atoms with Crippen molar-refractivity contribution in [2.75, 3.05) is 0 Å². The first kappa shape index (κ1) is 10.5. The van der Waals surface area contributed by atoms with Crippen LogP contribution in [-0.4, -0.2) is 13.7 Å². The zero-order valence-electron chi connectivity index (χ0n) is 7.66. The summed E-state index contributed by atoms with van der Waals surface area (Å²) in [6.45, 7) is 11.2. The molecule has 0 aliphatic heterocycles. The van der Waals surface area contributed by atoms with Gasteiger partial charge in [-0.2, -0.15) is 0 Å². The maximum Gasteiger partial charge on any atom is 0.0430 e. The number of hydrogen-bond donors (Lipinski definition) is 0. The van der Waals surface area contributed by atoms with Crippen LogP contribution in [0.4, 0.5) is 0 Å². The van der Waals surface area contributed by atoms with Gasteiger partial charge in [-0.15, -0.1) is 11.6 Å². The van der Waals surface area contributed by atoms with Crippen molar-refractivity contribution >= 4 is 20.4 Å². The molecule has 0 nitrogen and oxygen atoms in total. The van der Waals surface area contributed by atoms with Gasteiger partial charge in [0, 0.05) is 13.7 Å². The average Bonchev–Trinajstić information content (AvgIpc) is 1.60. The van der Waals surface area contributed by atoms with E-state index in [0.29, 0.717) is 5.92 Å². The molecule has 0 saturated carbocycles. The van der Waals surface area contributed by atoms with Crippen LogP contribution in [-0.2, 0) is 0 Å². The number of halogens is 1. The van der Waals surface area contributed by atoms with E-state index in [2.05, 4.69) is 33.9 Å². The molecule has 0 fully saturated rings. The summed E-state index contributed by atoms with van der Waals surface area (Å²) in [6, 6.07) is 1.21. The summed E-state index contributed by atoms with van der Waals surface area (Å²) in [5, 5.41) is 0. The Labute approximate surface area is 71.6 Å². The predicted molar refractivity (Wildman–Crippen MR) is 51.4 cm³/mol. The Morgan fingerprint density at radius 3 is 1.90 bits per heavy atom. The van der Waals surface area contributed by atoms with E-state index in [0.717, 1.165) is 0 Å². The predicted octanol–water partition coefficient (Wildman–Crippen LogP) is 3.39. The third-order valence-electron chi connectivity index (χ3n) is 1.90. The van der Waals surface area contributed by atoms with Gasteiger partial charge in [0.15, 0.2) is 0 Å². The Morgan fingerprint density at radius 1 is 1.40 bits per heavy atom. The summed E-state index contributed by atoms with van der Waals surface area (Å²) < 4.78 is 0. The van der Waals surface area contributed by atoms with E-state index in [4.69, 9.17) is 11.6 Å². The molecule has 0 saturated heterocycles. The quantitative estimate of drug-likeness (QED) is 0.458. The molecule has 61 valence electrons. The topological polar surface area (TPSA) is 0 Å². The van der Waals surface area contributed by atoms with Gasteiger partial charge in [0.2, 0.25) is 0 Å². The van der Waals surface area contributed by atoms with Gasteiger partial charge in [-0.05, 0) is 18.9 Å². The van der Waals surface area contributed by atoms with Crippen LogP contribution in [0.2, 0.25) is 19.1 Å². The highest BCUT2D eigenvalue weighted by Crippen LogP contribution is 2.30. The fraction of sp³-hybridized carbons (Fsp3) is 1.00. The highest BCUT2D eigenvalue weighted by Gasteiger charge is 2.26. The molecule has 10 heavy (non-hydrogen) atoms. The summed E-state index contributed by atoms with van der Waals surface area (Å²) in [5.74, 6) is 0.592. The van der Waals surface area contributed by atoms with E-state index >= 15 is 0 Å². The van der Waals surface area contributed by atoms with Crippen LogP contribution in [0.15, 0.2) is 0 Å². The lowest BCUT2D eigenvalue weighted by Gasteiger charge is -2.27. The van der Waals surface area contributed by atoms with Crippen molar-refractivity contribution in [3.8, 4) is 0 Å². The lowest BCUT2D eigenvalue weighted by Crippen LogP contribution is -2.28. The van der Waals surface area contributed by atoms with Crippen molar-refractivity contribution < 1.29 is 0 Å². The summed E-state index contributed by atoms with van der Waals surface area (Å²) in [5.41, 5.74) is 0. The molecule has 0 rings (SSSR count). The normalized spacial score (nSPS) is 18.0. The minimum absolute atomic E-state index is 0.0395. The smallest absolute Gasteiger partial charge is 0.0430 e. The number of alkyl halides is 1. The van der Waals surface area contributed by atoms with E-state index < -0.39 is 0 Å². The molecule has 2 heteroatoms. The molecule has 0 aromatic heterocycles. The van der Waals surface area contributed by atoms with E-state index in [1.165, 1.54) is 6.04 Å². The standard InChI is InChI=1S/C8H18ClSi/c1-7(2)8(3,9)6-10(4)5/h7H,6H2,1-5H3. The summed E-state index contributed by atoms with van der Waals surface area (Å²) in [6.07, 6.45) is 0. The molecule has 0 aliphatic rings. The Balaban J connectivity index is 3.87. The van der Waals surface area contributed by atoms with Crippen LogP contribution in [0.5, 0.6) is 0 Å². The Kier molecular flexibility index (Phi) is 3.96. The van der Waals surface area contributed by atoms with Crippen molar-refractivity contribution in [2.45, 2.75) is 44.8 Å². The molecule has 0 N–H and O–H groups in total. The van der Waals surface area contributed by atoms with Crippen molar-refractivity contribution in [1.29, 1.82) is 0 Å². The highest BCUT2D eigenvalue weighted by molar-refractivity contribution is 6.57. The van der Waals surface area contributed by atoms with Crippen molar-refractivity contribution in [1.82, 2.24) is 0 Å². The van der Waals surface area contributed by atoms with Crippen LogP contribution >= 0.6 is 11.6 Å². The molecule has 0 spiro atoms. The van der Waals surface area contributed by atoms with Gasteiger partial charge >= 0.3 is 0 Å². The highest BCUT2D eigenvalue weighted by atomic mass is 35.5. The Bertz CT molecular complexity index is 97.4. The summed E-state index contributed by atoms with van der Waals surface area (Å²) >= 11 is 6.29. The van der Waals surface area contributed by atoms with Crippen LogP contribution in [0, 0.1) is 5.92 Å². The van der Waals surface area contributed by atoms with Gasteiger partial charge in [-0.1, -0.05) is 26.9 Å². The molecule has 0 heterocycles. The molecule has 0 aromatic rings. The number of rotatable bonds is 3. The van der Waals surface area contributed by atoms with Crippen molar-refractivity contribution in [2.24, 2.45) is 5.92 Å². The number of hydrogen-bond acceptors (Lipinski definition) is 0. The monoisotopic (exact) mass is 177 g/mol. The molecule has 0 aromatic carbocycles. The lowest BCUT2D eigenvalue weighted by molar-refractivity contribution is 0.490. The molecule has 0 bridgehead atoms. The van der Waals surface area contributed by atoms with Gasteiger partial charge in [0.25, 0.3) is 0 Å². The van der Waals surface area contributed by atoms with Crippen molar-refractivity contribution in [3.63, 3.8) is 0 Å². The van der Waals surface area contributed by atoms with Crippen LogP contribution in [0.1, 0.15) is 20.8 Å². The van der Waals surface area contributed by atoms with Gasteiger partial charge in [0.05, 0.1) is 0 Å². The minimum Gasteiger partial charge on any atom is -0.120 e. The molecular weight excluding hydrogens is 160 g/mol. The third kappa shape index (κ3) is 3.62. The first-order valence-corrected chi connectivity index (χ1v) is 6.92. The van der Waals surface area contributed by atoms with Gasteiger partial charge in [0.1, 0.15) is 0 Å². The van der Waals surface area contributed by atoms with Crippen LogP contribution in [0.25, 0.3) is 0 Å². The SMILES string of the molecule is CC(C)C(C)(Cl)C[Si](C)C. The van der Waals surface area contributed by atoms with Gasteiger partial charge in [-0.25, -0.2) is 0 Å². The molecule has 0 amide bonds.